The van der Waals surface area contributed by atoms with Crippen molar-refractivity contribution < 1.29 is 28.7 Å². The molecule has 12 heteroatoms. The second-order valence-electron chi connectivity index (χ2n) is 9.25. The monoisotopic (exact) mass is 584 g/mol. The first-order chi connectivity index (χ1) is 16.4. The van der Waals surface area contributed by atoms with Crippen LogP contribution in [0.3, 0.4) is 0 Å². The van der Waals surface area contributed by atoms with Crippen LogP contribution >= 0.6 is 11.8 Å². The number of thioether (sulfide) groups is 1. The van der Waals surface area contributed by atoms with Gasteiger partial charge in [-0.2, -0.15) is 0 Å². The Bertz CT molecular complexity index is 677. The van der Waals surface area contributed by atoms with Gasteiger partial charge in [0.1, 0.15) is 0 Å². The molecule has 0 saturated heterocycles. The molecule has 0 unspecified atom stereocenters. The van der Waals surface area contributed by atoms with E-state index < -0.39 is 51.0 Å². The van der Waals surface area contributed by atoms with Gasteiger partial charge in [-0.05, 0) is 0 Å². The van der Waals surface area contributed by atoms with Crippen LogP contribution in [0.15, 0.2) is 0 Å². The molecule has 0 rings (SSSR count). The zero-order valence-corrected chi connectivity index (χ0v) is 24.6. The Balaban J connectivity index is 5.34. The van der Waals surface area contributed by atoms with E-state index in [2.05, 4.69) is 15.0 Å². The number of rotatable bonds is 17. The van der Waals surface area contributed by atoms with Gasteiger partial charge in [-0.25, -0.2) is 0 Å². The molecule has 0 bridgehead atoms. The van der Waals surface area contributed by atoms with Crippen LogP contribution in [0.1, 0.15) is 66.7 Å². The number of hydrogen-bond donors (Lipinski definition) is 4. The van der Waals surface area contributed by atoms with E-state index >= 15 is 0 Å². The van der Waals surface area contributed by atoms with E-state index in [1.807, 2.05) is 20.1 Å². The fourth-order valence-corrected chi connectivity index (χ4v) is 5.08. The molecule has 0 aliphatic carbocycles. The molecule has 2 amide bonds. The number of unbranched alkanes of at least 4 members (excludes halogenated alkanes) is 1. The Morgan fingerprint density at radius 2 is 1.71 bits per heavy atom. The second-order valence-corrected chi connectivity index (χ2v) is 12.0. The molecule has 0 heterocycles. The van der Waals surface area contributed by atoms with Gasteiger partial charge in [-0.1, -0.05) is 0 Å². The van der Waals surface area contributed by atoms with Gasteiger partial charge in [0.25, 0.3) is 0 Å². The van der Waals surface area contributed by atoms with Gasteiger partial charge in [-0.3, -0.25) is 0 Å². The zero-order valence-electron chi connectivity index (χ0n) is 22.1. The third kappa shape index (κ3) is 14.7. The first kappa shape index (κ1) is 33.7. The van der Waals surface area contributed by atoms with E-state index in [4.69, 9.17) is 15.2 Å². The van der Waals surface area contributed by atoms with Crippen molar-refractivity contribution in [3.63, 3.8) is 0 Å². The van der Waals surface area contributed by atoms with Crippen molar-refractivity contribution in [3.05, 3.63) is 0 Å². The standard InChI is InChI=1S/C23H44N4O6SSe/c1-8-15(2)18(20(29)32-6)26-19(28)16(12-14-34-7)27-35-21(30)17(11-9-10-13-24)25-22(31)33-23(3,4)5/h15-18,27H,8-14,24H2,1-7H3,(H,25,31)(H,26,28)/t15-,16-,17-,18-/m0/s1. The Morgan fingerprint density at radius 3 is 2.23 bits per heavy atom. The van der Waals surface area contributed by atoms with Gasteiger partial charge < -0.3 is 0 Å². The van der Waals surface area contributed by atoms with Gasteiger partial charge in [0.15, 0.2) is 0 Å². The maximum absolute atomic E-state index is 13.0. The van der Waals surface area contributed by atoms with E-state index in [0.29, 0.717) is 38.0 Å². The predicted molar refractivity (Wildman–Crippen MR) is 140 cm³/mol. The molecule has 0 fully saturated rings. The summed E-state index contributed by atoms with van der Waals surface area (Å²) in [5.41, 5.74) is 4.88. The molecular formula is C23H44N4O6SSe. The summed E-state index contributed by atoms with van der Waals surface area (Å²) in [6, 6.07) is -2.16. The zero-order chi connectivity index (χ0) is 27.0. The molecule has 0 spiro atoms. The molecule has 0 aromatic carbocycles. The molecular weight excluding hydrogens is 539 g/mol. The van der Waals surface area contributed by atoms with E-state index in [1.165, 1.54) is 7.11 Å². The summed E-state index contributed by atoms with van der Waals surface area (Å²) in [6.07, 6.45) is 4.26. The molecule has 4 atom stereocenters. The fourth-order valence-electron chi connectivity index (χ4n) is 2.92. The van der Waals surface area contributed by atoms with E-state index in [-0.39, 0.29) is 16.5 Å². The van der Waals surface area contributed by atoms with Crippen molar-refractivity contribution in [1.29, 1.82) is 0 Å². The van der Waals surface area contributed by atoms with Crippen LogP contribution in [0.5, 0.6) is 0 Å². The number of carbonyl (C=O) groups is 4. The Labute approximate surface area is 220 Å². The summed E-state index contributed by atoms with van der Waals surface area (Å²) in [5, 5.41) is 5.45. The van der Waals surface area contributed by atoms with E-state index in [1.54, 1.807) is 32.5 Å². The fraction of sp³-hybridized carbons (Fsp3) is 0.826. The van der Waals surface area contributed by atoms with Gasteiger partial charge in [0, 0.05) is 0 Å². The number of nitrogens with one attached hydrogen (secondary N) is 3. The molecule has 0 radical (unpaired) electrons. The third-order valence-electron chi connectivity index (χ3n) is 5.12. The number of ether oxygens (including phenoxy) is 2. The van der Waals surface area contributed by atoms with Crippen LogP contribution in [0.2, 0.25) is 0 Å². The molecule has 10 nitrogen and oxygen atoms in total. The van der Waals surface area contributed by atoms with Crippen molar-refractivity contribution in [2.24, 2.45) is 11.7 Å². The van der Waals surface area contributed by atoms with E-state index in [0.717, 1.165) is 6.42 Å². The minimum atomic E-state index is -0.792. The number of alkyl carbamates (subject to hydrolysis) is 1. The number of nitrogens with two attached hydrogens (primary N) is 1. The average Bonchev–Trinajstić information content (AvgIpc) is 2.79. The van der Waals surface area contributed by atoms with Crippen LogP contribution in [-0.2, 0) is 23.9 Å². The van der Waals surface area contributed by atoms with Crippen molar-refractivity contribution in [3.8, 4) is 0 Å². The van der Waals surface area contributed by atoms with Crippen LogP contribution in [-0.4, -0.2) is 87.2 Å². The summed E-state index contributed by atoms with van der Waals surface area (Å²) in [5.74, 6) is -0.272. The SMILES string of the molecule is CC[C@H](C)[C@H](NC(=O)[C@H](CCSC)N[Se]C(=O)[C@H](CCCCN)NC(=O)OC(C)(C)C)C(=O)OC. The van der Waals surface area contributed by atoms with Gasteiger partial charge in [0.05, 0.1) is 0 Å². The van der Waals surface area contributed by atoms with Crippen LogP contribution in [0.25, 0.3) is 0 Å². The number of methoxy groups -OCH3 is 1. The topological polar surface area (TPSA) is 149 Å². The van der Waals surface area contributed by atoms with Crippen molar-refractivity contribution in [2.45, 2.75) is 90.4 Å². The van der Waals surface area contributed by atoms with Crippen molar-refractivity contribution in [2.75, 3.05) is 25.7 Å². The Morgan fingerprint density at radius 1 is 1.06 bits per heavy atom. The van der Waals surface area contributed by atoms with Crippen molar-refractivity contribution in [1.82, 2.24) is 15.0 Å². The summed E-state index contributed by atoms with van der Waals surface area (Å²) in [4.78, 5) is 50.5. The first-order valence-corrected chi connectivity index (χ1v) is 15.0. The minimum absolute atomic E-state index is 0.107. The molecule has 204 valence electrons. The Kier molecular flexibility index (Phi) is 17.3. The normalized spacial score (nSPS) is 14.9. The average molecular weight is 584 g/mol. The summed E-state index contributed by atoms with van der Waals surface area (Å²) in [7, 11) is 1.29. The molecule has 5 N–H and O–H groups in total. The maximum atomic E-state index is 13.0. The quantitative estimate of drug-likeness (QED) is 0.114. The number of hydrogen-bond acceptors (Lipinski definition) is 9. The molecule has 0 aliphatic rings. The predicted octanol–water partition coefficient (Wildman–Crippen LogP) is 1.57. The number of esters is 1. The van der Waals surface area contributed by atoms with Gasteiger partial charge in [0.2, 0.25) is 0 Å². The molecule has 0 aliphatic heterocycles. The second kappa shape index (κ2) is 18.0. The number of amides is 2. The summed E-state index contributed by atoms with van der Waals surface area (Å²) < 4.78 is 13.0. The molecule has 35 heavy (non-hydrogen) atoms. The molecule has 0 aromatic heterocycles. The van der Waals surface area contributed by atoms with Crippen molar-refractivity contribution >= 4 is 49.6 Å². The van der Waals surface area contributed by atoms with Gasteiger partial charge in [-0.15, -0.1) is 0 Å². The van der Waals surface area contributed by atoms with E-state index in [9.17, 15) is 19.2 Å². The van der Waals surface area contributed by atoms with Gasteiger partial charge >= 0.3 is 221 Å². The third-order valence-corrected chi connectivity index (χ3v) is 7.62. The molecule has 0 aromatic rings. The van der Waals surface area contributed by atoms with Crippen LogP contribution in [0.4, 0.5) is 4.79 Å². The molecule has 0 saturated carbocycles. The van der Waals surface area contributed by atoms with Crippen LogP contribution < -0.4 is 20.7 Å². The Hall–Kier alpha value is -1.33. The summed E-state index contributed by atoms with van der Waals surface area (Å²) >= 11 is 0.789. The summed E-state index contributed by atoms with van der Waals surface area (Å²) in [6.45, 7) is 9.54. The first-order valence-electron chi connectivity index (χ1n) is 11.9. The van der Waals surface area contributed by atoms with Crippen LogP contribution in [0, 0.1) is 5.92 Å². The number of carbonyl (C=O) groups excluding carboxylic acids is 4.